The summed E-state index contributed by atoms with van der Waals surface area (Å²) in [5, 5.41) is 14.3. The third kappa shape index (κ3) is 10.0. The molecule has 2 aromatic rings. The van der Waals surface area contributed by atoms with E-state index in [9.17, 15) is 31.2 Å². The highest BCUT2D eigenvalue weighted by Crippen LogP contribution is 2.34. The highest BCUT2D eigenvalue weighted by molar-refractivity contribution is 7.85. The lowest BCUT2D eigenvalue weighted by molar-refractivity contribution is -0.144. The molecule has 0 unspecified atom stereocenters. The Labute approximate surface area is 259 Å². The summed E-state index contributed by atoms with van der Waals surface area (Å²) in [6.07, 6.45) is -1.23. The number of aromatic nitrogens is 2. The van der Waals surface area contributed by atoms with E-state index in [1.54, 1.807) is 21.9 Å². The van der Waals surface area contributed by atoms with Crippen molar-refractivity contribution in [1.82, 2.24) is 20.6 Å². The van der Waals surface area contributed by atoms with E-state index in [1.165, 1.54) is 6.07 Å². The normalized spacial score (nSPS) is 17.6. The predicted molar refractivity (Wildman–Crippen MR) is 159 cm³/mol. The number of halogens is 3. The van der Waals surface area contributed by atoms with Gasteiger partial charge in [0.25, 0.3) is 10.1 Å². The average molecular weight is 652 g/mol. The number of nitriles is 1. The van der Waals surface area contributed by atoms with Crippen LogP contribution in [-0.2, 0) is 32.3 Å². The van der Waals surface area contributed by atoms with E-state index in [0.717, 1.165) is 5.56 Å². The molecule has 0 spiro atoms. The van der Waals surface area contributed by atoms with Gasteiger partial charge in [-0.3, -0.25) is 14.1 Å². The molecule has 2 saturated heterocycles. The van der Waals surface area contributed by atoms with Gasteiger partial charge in [0.2, 0.25) is 17.6 Å². The van der Waals surface area contributed by atoms with Crippen LogP contribution in [-0.4, -0.2) is 79.3 Å². The molecule has 45 heavy (non-hydrogen) atoms. The van der Waals surface area contributed by atoms with Crippen LogP contribution in [0.3, 0.4) is 0 Å². The number of rotatable bonds is 12. The fraction of sp³-hybridized carbons (Fsp3) is 0.552. The number of anilines is 2. The Balaban J connectivity index is 1.36. The molecule has 12 nitrogen and oxygen atoms in total. The van der Waals surface area contributed by atoms with Gasteiger partial charge in [0, 0.05) is 45.2 Å². The number of carbonyl (C=O) groups is 2. The van der Waals surface area contributed by atoms with Crippen LogP contribution in [0.1, 0.15) is 55.5 Å². The molecular formula is C29H36F3N7O5S. The Morgan fingerprint density at radius 3 is 2.36 bits per heavy atom. The van der Waals surface area contributed by atoms with Crippen molar-refractivity contribution in [2.75, 3.05) is 48.3 Å². The number of hydrogen-bond donors (Lipinski definition) is 3. The molecule has 0 radical (unpaired) electrons. The van der Waals surface area contributed by atoms with Crippen molar-refractivity contribution in [1.29, 1.82) is 5.26 Å². The summed E-state index contributed by atoms with van der Waals surface area (Å²) >= 11 is 0. The molecule has 2 amide bonds. The van der Waals surface area contributed by atoms with Crippen LogP contribution < -0.4 is 20.4 Å². The van der Waals surface area contributed by atoms with Crippen molar-refractivity contribution in [2.45, 2.75) is 57.2 Å². The van der Waals surface area contributed by atoms with Crippen LogP contribution in [0.4, 0.5) is 24.8 Å². The van der Waals surface area contributed by atoms with Gasteiger partial charge in [-0.2, -0.15) is 26.9 Å². The van der Waals surface area contributed by atoms with Crippen molar-refractivity contribution >= 4 is 33.6 Å². The molecule has 3 N–H and O–H groups in total. The SMILES string of the molecule is N#Cc1ccc(CCNC(=O)[C@@H]2CCCN2c2cc(N3CCC(CCC(=O)NCCS(=O)(=O)O)CC3)nc(C(F)(F)F)n2)cc1. The zero-order valence-electron chi connectivity index (χ0n) is 24.6. The second-order valence-corrected chi connectivity index (χ2v) is 12.8. The van der Waals surface area contributed by atoms with E-state index in [4.69, 9.17) is 9.81 Å². The molecule has 1 atom stereocenters. The van der Waals surface area contributed by atoms with Gasteiger partial charge in [-0.1, -0.05) is 12.1 Å². The lowest BCUT2D eigenvalue weighted by Gasteiger charge is -2.34. The Hall–Kier alpha value is -3.97. The Kier molecular flexibility index (Phi) is 11.2. The van der Waals surface area contributed by atoms with Crippen LogP contribution in [0.5, 0.6) is 0 Å². The van der Waals surface area contributed by atoms with E-state index in [-0.39, 0.29) is 42.3 Å². The number of nitrogens with zero attached hydrogens (tertiary/aromatic N) is 5. The molecule has 2 aliphatic rings. The zero-order valence-corrected chi connectivity index (χ0v) is 25.4. The first-order chi connectivity index (χ1) is 21.3. The van der Waals surface area contributed by atoms with Crippen molar-refractivity contribution in [3.05, 3.63) is 47.3 Å². The first-order valence-electron chi connectivity index (χ1n) is 14.8. The largest absolute Gasteiger partial charge is 0.451 e. The molecule has 16 heteroatoms. The van der Waals surface area contributed by atoms with Crippen LogP contribution in [0, 0.1) is 17.2 Å². The fourth-order valence-electron chi connectivity index (χ4n) is 5.56. The highest BCUT2D eigenvalue weighted by Gasteiger charge is 2.39. The number of piperidine rings is 1. The molecule has 0 saturated carbocycles. The van der Waals surface area contributed by atoms with E-state index in [1.807, 2.05) is 12.1 Å². The summed E-state index contributed by atoms with van der Waals surface area (Å²) in [4.78, 5) is 36.1. The molecule has 1 aromatic heterocycles. The van der Waals surface area contributed by atoms with Crippen molar-refractivity contribution in [2.24, 2.45) is 5.92 Å². The summed E-state index contributed by atoms with van der Waals surface area (Å²) in [7, 11) is -4.16. The van der Waals surface area contributed by atoms with Gasteiger partial charge >= 0.3 is 6.18 Å². The van der Waals surface area contributed by atoms with Gasteiger partial charge in [-0.25, -0.2) is 9.97 Å². The summed E-state index contributed by atoms with van der Waals surface area (Å²) in [5.41, 5.74) is 1.48. The van der Waals surface area contributed by atoms with Gasteiger partial charge in [0.05, 0.1) is 17.4 Å². The quantitative estimate of drug-likeness (QED) is 0.290. The van der Waals surface area contributed by atoms with Gasteiger partial charge in [0.15, 0.2) is 0 Å². The molecule has 0 bridgehead atoms. The van der Waals surface area contributed by atoms with Gasteiger partial charge in [0.1, 0.15) is 17.7 Å². The fourth-order valence-corrected chi connectivity index (χ4v) is 5.92. The smallest absolute Gasteiger partial charge is 0.356 e. The minimum Gasteiger partial charge on any atom is -0.356 e. The van der Waals surface area contributed by atoms with E-state index in [0.29, 0.717) is 70.3 Å². The number of alkyl halides is 3. The standard InChI is InChI=1S/C29H36F3N7O5S/c30-29(31,32)28-36-24(38-15-10-21(11-16-38)7-8-26(40)34-13-17-45(42,43)44)18-25(37-28)39-14-1-2-23(39)27(41)35-12-9-20-3-5-22(19-33)6-4-20/h3-6,18,21,23H,1-2,7-17H2,(H,34,40)(H,35,41)(H,42,43,44)/t23-/m0/s1. The van der Waals surface area contributed by atoms with Gasteiger partial charge < -0.3 is 20.4 Å². The summed E-state index contributed by atoms with van der Waals surface area (Å²) in [6.45, 7) is 1.35. The first-order valence-corrected chi connectivity index (χ1v) is 16.4. The Morgan fingerprint density at radius 2 is 1.71 bits per heavy atom. The minimum absolute atomic E-state index is 0.0424. The maximum absolute atomic E-state index is 13.9. The monoisotopic (exact) mass is 651 g/mol. The molecule has 2 fully saturated rings. The Bertz CT molecular complexity index is 1490. The molecule has 0 aliphatic carbocycles. The summed E-state index contributed by atoms with van der Waals surface area (Å²) < 4.78 is 72.0. The Morgan fingerprint density at radius 1 is 1.02 bits per heavy atom. The van der Waals surface area contributed by atoms with Crippen LogP contribution in [0.25, 0.3) is 0 Å². The predicted octanol–water partition coefficient (Wildman–Crippen LogP) is 2.70. The summed E-state index contributed by atoms with van der Waals surface area (Å²) in [6, 6.07) is 9.89. The molecule has 244 valence electrons. The van der Waals surface area contributed by atoms with Crippen LogP contribution in [0.2, 0.25) is 0 Å². The third-order valence-corrected chi connectivity index (χ3v) is 8.72. The molecule has 4 rings (SSSR count). The average Bonchev–Trinajstić information content (AvgIpc) is 3.50. The van der Waals surface area contributed by atoms with Crippen LogP contribution >= 0.6 is 0 Å². The van der Waals surface area contributed by atoms with Crippen LogP contribution in [0.15, 0.2) is 30.3 Å². The second-order valence-electron chi connectivity index (χ2n) is 11.2. The van der Waals surface area contributed by atoms with Gasteiger partial charge in [-0.15, -0.1) is 0 Å². The first kappa shape index (κ1) is 33.9. The number of amides is 2. The van der Waals surface area contributed by atoms with E-state index in [2.05, 4.69) is 26.7 Å². The zero-order chi connectivity index (χ0) is 32.6. The molecule has 2 aliphatic heterocycles. The van der Waals surface area contributed by atoms with E-state index < -0.39 is 33.9 Å². The van der Waals surface area contributed by atoms with Crippen molar-refractivity contribution in [3.8, 4) is 6.07 Å². The third-order valence-electron chi connectivity index (χ3n) is 8.00. The molecular weight excluding hydrogens is 615 g/mol. The van der Waals surface area contributed by atoms with Crippen molar-refractivity contribution in [3.63, 3.8) is 0 Å². The number of benzene rings is 1. The van der Waals surface area contributed by atoms with E-state index >= 15 is 0 Å². The maximum Gasteiger partial charge on any atom is 0.451 e. The second kappa shape index (κ2) is 14.9. The minimum atomic E-state index is -4.79. The highest BCUT2D eigenvalue weighted by atomic mass is 32.2. The number of carbonyl (C=O) groups excluding carboxylic acids is 2. The van der Waals surface area contributed by atoms with Crippen molar-refractivity contribution < 1.29 is 35.7 Å². The van der Waals surface area contributed by atoms with Gasteiger partial charge in [-0.05, 0) is 62.1 Å². The lowest BCUT2D eigenvalue weighted by Crippen LogP contribution is -2.44. The number of nitrogens with one attached hydrogen (secondary N) is 2. The molecule has 3 heterocycles. The summed E-state index contributed by atoms with van der Waals surface area (Å²) in [5.74, 6) is -2.16. The molecule has 1 aromatic carbocycles. The number of hydrogen-bond acceptors (Lipinski definition) is 9. The maximum atomic E-state index is 13.9. The lowest BCUT2D eigenvalue weighted by atomic mass is 9.92. The topological polar surface area (TPSA) is 169 Å².